The number of nitrogens with zero attached hydrogens (tertiary/aromatic N) is 1. The Morgan fingerprint density at radius 2 is 1.88 bits per heavy atom. The molecule has 0 bridgehead atoms. The Hall–Kier alpha value is -2.05. The van der Waals surface area contributed by atoms with Crippen molar-refractivity contribution in [1.82, 2.24) is 5.32 Å². The molecular formula is C17H15ClF2N2O2. The lowest BCUT2D eigenvalue weighted by Gasteiger charge is -2.43. The van der Waals surface area contributed by atoms with Gasteiger partial charge in [-0.15, -0.1) is 0 Å². The van der Waals surface area contributed by atoms with Gasteiger partial charge >= 0.3 is 0 Å². The summed E-state index contributed by atoms with van der Waals surface area (Å²) in [5.74, 6) is -1.84. The minimum atomic E-state index is -0.922. The van der Waals surface area contributed by atoms with E-state index in [4.69, 9.17) is 11.6 Å². The number of non-ortho nitro benzene ring substituents is 1. The minimum Gasteiger partial charge on any atom is -0.303 e. The topological polar surface area (TPSA) is 55.2 Å². The Morgan fingerprint density at radius 1 is 1.21 bits per heavy atom. The molecule has 0 radical (unpaired) electrons. The highest BCUT2D eigenvalue weighted by molar-refractivity contribution is 6.30. The molecule has 1 aliphatic rings. The van der Waals surface area contributed by atoms with Crippen molar-refractivity contribution in [2.75, 3.05) is 0 Å². The van der Waals surface area contributed by atoms with Crippen LogP contribution in [0.1, 0.15) is 30.4 Å². The predicted molar refractivity (Wildman–Crippen MR) is 86.8 cm³/mol. The molecule has 2 aromatic carbocycles. The second-order valence-electron chi connectivity index (χ2n) is 5.94. The van der Waals surface area contributed by atoms with Crippen LogP contribution < -0.4 is 5.32 Å². The van der Waals surface area contributed by atoms with Gasteiger partial charge in [0.1, 0.15) is 11.6 Å². The Bertz CT molecular complexity index is 771. The van der Waals surface area contributed by atoms with Crippen molar-refractivity contribution in [3.05, 3.63) is 74.3 Å². The highest BCUT2D eigenvalue weighted by Gasteiger charge is 2.38. The maximum atomic E-state index is 14.0. The van der Waals surface area contributed by atoms with E-state index in [-0.39, 0.29) is 17.6 Å². The summed E-state index contributed by atoms with van der Waals surface area (Å²) in [5, 5.41) is 14.5. The molecule has 24 heavy (non-hydrogen) atoms. The van der Waals surface area contributed by atoms with Crippen LogP contribution in [0.25, 0.3) is 0 Å². The monoisotopic (exact) mass is 352 g/mol. The third-order valence-electron chi connectivity index (χ3n) is 4.52. The van der Waals surface area contributed by atoms with Crippen molar-refractivity contribution < 1.29 is 13.7 Å². The van der Waals surface area contributed by atoms with Gasteiger partial charge in [-0.1, -0.05) is 23.7 Å². The van der Waals surface area contributed by atoms with Crippen molar-refractivity contribution in [3.63, 3.8) is 0 Å². The van der Waals surface area contributed by atoms with E-state index < -0.39 is 22.2 Å². The normalized spacial score (nSPS) is 15.8. The number of hydrogen-bond acceptors (Lipinski definition) is 3. The maximum Gasteiger partial charge on any atom is 0.275 e. The summed E-state index contributed by atoms with van der Waals surface area (Å²) in [7, 11) is 0. The SMILES string of the molecule is O=[N+]([O-])c1cc(F)c(CNC2(c3cccc(Cl)c3)CCC2)c(F)c1. The standard InChI is InChI=1S/C17H15ClF2N2O2/c18-12-4-1-3-11(7-12)17(5-2-6-17)21-10-14-15(19)8-13(22(23)24)9-16(14)20/h1,3-4,7-9,21H,2,5-6,10H2. The zero-order valence-corrected chi connectivity index (χ0v) is 13.4. The summed E-state index contributed by atoms with van der Waals surface area (Å²) in [5.41, 5.74) is -0.189. The van der Waals surface area contributed by atoms with Crippen LogP contribution in [0.3, 0.4) is 0 Å². The van der Waals surface area contributed by atoms with Crippen LogP contribution in [0.15, 0.2) is 36.4 Å². The van der Waals surface area contributed by atoms with Gasteiger partial charge < -0.3 is 5.32 Å². The molecule has 0 saturated heterocycles. The van der Waals surface area contributed by atoms with Crippen LogP contribution in [-0.2, 0) is 12.1 Å². The fourth-order valence-electron chi connectivity index (χ4n) is 3.01. The first-order chi connectivity index (χ1) is 11.4. The predicted octanol–water partition coefficient (Wildman–Crippen LogP) is 4.70. The van der Waals surface area contributed by atoms with Crippen molar-refractivity contribution in [2.45, 2.75) is 31.3 Å². The van der Waals surface area contributed by atoms with E-state index >= 15 is 0 Å². The third kappa shape index (κ3) is 3.12. The molecule has 1 N–H and O–H groups in total. The Kier molecular flexibility index (Phi) is 4.51. The van der Waals surface area contributed by atoms with Gasteiger partial charge in [-0.3, -0.25) is 10.1 Å². The van der Waals surface area contributed by atoms with Gasteiger partial charge in [0.05, 0.1) is 17.1 Å². The zero-order valence-electron chi connectivity index (χ0n) is 12.7. The van der Waals surface area contributed by atoms with Gasteiger partial charge in [-0.2, -0.15) is 0 Å². The van der Waals surface area contributed by atoms with Gasteiger partial charge in [-0.25, -0.2) is 8.78 Å². The lowest BCUT2D eigenvalue weighted by molar-refractivity contribution is -0.385. The molecule has 2 aromatic rings. The van der Waals surface area contributed by atoms with Gasteiger partial charge in [0.2, 0.25) is 0 Å². The van der Waals surface area contributed by atoms with Gasteiger partial charge in [0.15, 0.2) is 0 Å². The van der Waals surface area contributed by atoms with E-state index in [1.54, 1.807) is 6.07 Å². The molecular weight excluding hydrogens is 338 g/mol. The first-order valence-corrected chi connectivity index (χ1v) is 7.92. The molecule has 3 rings (SSSR count). The molecule has 0 aromatic heterocycles. The Labute approximate surface area is 142 Å². The minimum absolute atomic E-state index is 0.0534. The molecule has 1 fully saturated rings. The highest BCUT2D eigenvalue weighted by atomic mass is 35.5. The molecule has 0 spiro atoms. The van der Waals surface area contributed by atoms with Crippen LogP contribution in [0, 0.1) is 21.7 Å². The third-order valence-corrected chi connectivity index (χ3v) is 4.76. The van der Waals surface area contributed by atoms with Crippen LogP contribution >= 0.6 is 11.6 Å². The lowest BCUT2D eigenvalue weighted by atomic mass is 9.71. The van der Waals surface area contributed by atoms with E-state index in [2.05, 4.69) is 5.32 Å². The fraction of sp³-hybridized carbons (Fsp3) is 0.294. The number of nitrogens with one attached hydrogen (secondary N) is 1. The number of nitro groups is 1. The molecule has 0 heterocycles. The summed E-state index contributed by atoms with van der Waals surface area (Å²) in [6.45, 7) is -0.0534. The fourth-order valence-corrected chi connectivity index (χ4v) is 3.20. The molecule has 7 heteroatoms. The summed E-state index contributed by atoms with van der Waals surface area (Å²) in [6, 6.07) is 8.87. The van der Waals surface area contributed by atoms with E-state index in [0.717, 1.165) is 37.0 Å². The molecule has 0 unspecified atom stereocenters. The van der Waals surface area contributed by atoms with Crippen molar-refractivity contribution in [1.29, 1.82) is 0 Å². The van der Waals surface area contributed by atoms with Crippen LogP contribution in [0.2, 0.25) is 5.02 Å². The van der Waals surface area contributed by atoms with Crippen LogP contribution in [0.4, 0.5) is 14.5 Å². The maximum absolute atomic E-state index is 14.0. The van der Waals surface area contributed by atoms with Crippen molar-refractivity contribution in [3.8, 4) is 0 Å². The van der Waals surface area contributed by atoms with Crippen molar-refractivity contribution in [2.24, 2.45) is 0 Å². The number of hydrogen-bond donors (Lipinski definition) is 1. The molecule has 126 valence electrons. The highest BCUT2D eigenvalue weighted by Crippen LogP contribution is 2.42. The Balaban J connectivity index is 1.83. The van der Waals surface area contributed by atoms with Crippen LogP contribution in [0.5, 0.6) is 0 Å². The van der Waals surface area contributed by atoms with Gasteiger partial charge in [0.25, 0.3) is 5.69 Å². The molecule has 0 aliphatic heterocycles. The van der Waals surface area contributed by atoms with E-state index in [1.807, 2.05) is 18.2 Å². The molecule has 4 nitrogen and oxygen atoms in total. The molecule has 1 saturated carbocycles. The average Bonchev–Trinajstić information content (AvgIpc) is 2.48. The van der Waals surface area contributed by atoms with Gasteiger partial charge in [-0.05, 0) is 37.0 Å². The summed E-state index contributed by atoms with van der Waals surface area (Å²) in [4.78, 5) is 9.83. The average molecular weight is 353 g/mol. The van der Waals surface area contributed by atoms with Crippen molar-refractivity contribution >= 4 is 17.3 Å². The van der Waals surface area contributed by atoms with Crippen LogP contribution in [-0.4, -0.2) is 4.92 Å². The molecule has 0 atom stereocenters. The van der Waals surface area contributed by atoms with E-state index in [1.165, 1.54) is 0 Å². The largest absolute Gasteiger partial charge is 0.303 e. The van der Waals surface area contributed by atoms with Gasteiger partial charge in [0, 0.05) is 22.7 Å². The smallest absolute Gasteiger partial charge is 0.275 e. The first-order valence-electron chi connectivity index (χ1n) is 7.55. The quantitative estimate of drug-likeness (QED) is 0.627. The summed E-state index contributed by atoms with van der Waals surface area (Å²) < 4.78 is 28.1. The Morgan fingerprint density at radius 3 is 2.38 bits per heavy atom. The van der Waals surface area contributed by atoms with E-state index in [0.29, 0.717) is 5.02 Å². The second kappa shape index (κ2) is 6.45. The molecule has 0 amide bonds. The summed E-state index contributed by atoms with van der Waals surface area (Å²) in [6.07, 6.45) is 2.68. The molecule has 1 aliphatic carbocycles. The number of rotatable bonds is 5. The first kappa shape index (κ1) is 16.8. The lowest BCUT2D eigenvalue weighted by Crippen LogP contribution is -2.47. The number of benzene rings is 2. The van der Waals surface area contributed by atoms with E-state index in [9.17, 15) is 18.9 Å². The number of halogens is 3. The number of nitro benzene ring substituents is 1. The summed E-state index contributed by atoms with van der Waals surface area (Å²) >= 11 is 6.04. The second-order valence-corrected chi connectivity index (χ2v) is 6.38. The zero-order chi connectivity index (χ0) is 17.3.